The van der Waals surface area contributed by atoms with E-state index >= 15 is 0 Å². The molecular formula is C10H17NO2. The van der Waals surface area contributed by atoms with Crippen LogP contribution in [0.4, 0.5) is 0 Å². The van der Waals surface area contributed by atoms with Crippen LogP contribution in [0.2, 0.25) is 0 Å². The average Bonchev–Trinajstić information content (AvgIpc) is 2.09. The molecule has 0 unspecified atom stereocenters. The third-order valence-corrected chi connectivity index (χ3v) is 2.25. The van der Waals surface area contributed by atoms with E-state index in [1.165, 1.54) is 6.08 Å². The molecule has 1 aliphatic heterocycles. The van der Waals surface area contributed by atoms with Crippen molar-refractivity contribution < 1.29 is 9.53 Å². The summed E-state index contributed by atoms with van der Waals surface area (Å²) >= 11 is 0. The second kappa shape index (κ2) is 5.02. The molecule has 13 heavy (non-hydrogen) atoms. The van der Waals surface area contributed by atoms with Crippen LogP contribution < -0.4 is 0 Å². The van der Waals surface area contributed by atoms with E-state index in [2.05, 4.69) is 11.9 Å². The first kappa shape index (κ1) is 10.3. The van der Waals surface area contributed by atoms with Crippen molar-refractivity contribution >= 4 is 5.97 Å². The van der Waals surface area contributed by atoms with Crippen LogP contribution in [0.3, 0.4) is 0 Å². The van der Waals surface area contributed by atoms with E-state index in [0.29, 0.717) is 0 Å². The van der Waals surface area contributed by atoms with Crippen molar-refractivity contribution in [2.75, 3.05) is 20.1 Å². The summed E-state index contributed by atoms with van der Waals surface area (Å²) in [6, 6.07) is 0. The van der Waals surface area contributed by atoms with Gasteiger partial charge in [0.15, 0.2) is 0 Å². The zero-order valence-electron chi connectivity index (χ0n) is 8.32. The topological polar surface area (TPSA) is 29.5 Å². The lowest BCUT2D eigenvalue weighted by Crippen LogP contribution is -2.35. The predicted molar refractivity (Wildman–Crippen MR) is 51.4 cm³/mol. The first-order valence-electron chi connectivity index (χ1n) is 4.74. The third-order valence-electron chi connectivity index (χ3n) is 2.25. The number of nitrogens with zero attached hydrogens (tertiary/aromatic N) is 1. The fourth-order valence-electron chi connectivity index (χ4n) is 1.44. The Balaban J connectivity index is 2.26. The molecule has 0 aromatic heterocycles. The Hall–Kier alpha value is -0.830. The number of ether oxygens (including phenoxy) is 1. The molecule has 0 bridgehead atoms. The zero-order valence-corrected chi connectivity index (χ0v) is 8.32. The van der Waals surface area contributed by atoms with Crippen LogP contribution in [0.25, 0.3) is 0 Å². The summed E-state index contributed by atoms with van der Waals surface area (Å²) in [5.41, 5.74) is 0. The van der Waals surface area contributed by atoms with Crippen molar-refractivity contribution in [2.45, 2.75) is 25.9 Å². The molecule has 1 fully saturated rings. The molecule has 3 nitrogen and oxygen atoms in total. The summed E-state index contributed by atoms with van der Waals surface area (Å²) in [6.07, 6.45) is 5.22. The Morgan fingerprint density at radius 1 is 1.46 bits per heavy atom. The third kappa shape index (κ3) is 3.59. The minimum atomic E-state index is -0.211. The quantitative estimate of drug-likeness (QED) is 0.476. The van der Waals surface area contributed by atoms with E-state index in [0.717, 1.165) is 25.9 Å². The summed E-state index contributed by atoms with van der Waals surface area (Å²) in [5.74, 6) is -0.211. The molecule has 0 N–H and O–H groups in total. The van der Waals surface area contributed by atoms with Gasteiger partial charge in [0, 0.05) is 19.2 Å². The van der Waals surface area contributed by atoms with Gasteiger partial charge >= 0.3 is 5.97 Å². The molecule has 74 valence electrons. The molecule has 0 saturated carbocycles. The minimum Gasteiger partial charge on any atom is -0.459 e. The van der Waals surface area contributed by atoms with Gasteiger partial charge in [-0.15, -0.1) is 0 Å². The largest absolute Gasteiger partial charge is 0.459 e. The zero-order chi connectivity index (χ0) is 9.68. The van der Waals surface area contributed by atoms with Gasteiger partial charge in [0.25, 0.3) is 0 Å². The first-order chi connectivity index (χ1) is 6.22. The molecule has 0 aromatic carbocycles. The van der Waals surface area contributed by atoms with Crippen molar-refractivity contribution in [1.82, 2.24) is 4.90 Å². The Kier molecular flexibility index (Phi) is 3.96. The standard InChI is InChI=1S/C10H17NO2/c1-3-4-10(12)13-9-5-7-11(2)8-6-9/h3-4,9H,5-8H2,1-2H3/b4-3+. The highest BCUT2D eigenvalue weighted by atomic mass is 16.5. The van der Waals surface area contributed by atoms with Crippen molar-refractivity contribution in [3.63, 3.8) is 0 Å². The maximum Gasteiger partial charge on any atom is 0.330 e. The van der Waals surface area contributed by atoms with E-state index < -0.39 is 0 Å². The molecule has 0 aliphatic carbocycles. The molecule has 3 heteroatoms. The van der Waals surface area contributed by atoms with Crippen molar-refractivity contribution in [3.8, 4) is 0 Å². The summed E-state index contributed by atoms with van der Waals surface area (Å²) in [7, 11) is 2.09. The van der Waals surface area contributed by atoms with E-state index in [4.69, 9.17) is 4.74 Å². The molecule has 0 amide bonds. The number of carbonyl (C=O) groups is 1. The molecule has 0 atom stereocenters. The van der Waals surface area contributed by atoms with Gasteiger partial charge in [-0.25, -0.2) is 4.79 Å². The van der Waals surface area contributed by atoms with Gasteiger partial charge in [0.05, 0.1) is 0 Å². The predicted octanol–water partition coefficient (Wildman–Crippen LogP) is 1.20. The lowest BCUT2D eigenvalue weighted by molar-refractivity contribution is -0.144. The summed E-state index contributed by atoms with van der Waals surface area (Å²) in [6.45, 7) is 3.86. The number of esters is 1. The highest BCUT2D eigenvalue weighted by Gasteiger charge is 2.18. The van der Waals surface area contributed by atoms with Crippen LogP contribution >= 0.6 is 0 Å². The van der Waals surface area contributed by atoms with Crippen LogP contribution in [0.15, 0.2) is 12.2 Å². The Morgan fingerprint density at radius 2 is 2.08 bits per heavy atom. The van der Waals surface area contributed by atoms with Gasteiger partial charge in [-0.05, 0) is 26.8 Å². The number of rotatable bonds is 2. The number of likely N-dealkylation sites (tertiary alicyclic amines) is 1. The molecule has 0 spiro atoms. The summed E-state index contributed by atoms with van der Waals surface area (Å²) in [5, 5.41) is 0. The van der Waals surface area contributed by atoms with Gasteiger partial charge in [-0.1, -0.05) is 6.08 Å². The van der Waals surface area contributed by atoms with Crippen LogP contribution in [0.5, 0.6) is 0 Å². The molecule has 1 aliphatic rings. The van der Waals surface area contributed by atoms with Crippen molar-refractivity contribution in [2.24, 2.45) is 0 Å². The first-order valence-corrected chi connectivity index (χ1v) is 4.74. The fraction of sp³-hybridized carbons (Fsp3) is 0.700. The number of allylic oxidation sites excluding steroid dienone is 1. The molecule has 1 heterocycles. The normalized spacial score (nSPS) is 20.8. The second-order valence-corrected chi connectivity index (χ2v) is 3.44. The van der Waals surface area contributed by atoms with Gasteiger partial charge in [-0.2, -0.15) is 0 Å². The maximum atomic E-state index is 11.1. The second-order valence-electron chi connectivity index (χ2n) is 3.44. The van der Waals surface area contributed by atoms with Gasteiger partial charge in [0.2, 0.25) is 0 Å². The van der Waals surface area contributed by atoms with E-state index in [9.17, 15) is 4.79 Å². The maximum absolute atomic E-state index is 11.1. The number of hydrogen-bond donors (Lipinski definition) is 0. The van der Waals surface area contributed by atoms with Crippen molar-refractivity contribution in [3.05, 3.63) is 12.2 Å². The van der Waals surface area contributed by atoms with Gasteiger partial charge in [-0.3, -0.25) is 0 Å². The van der Waals surface area contributed by atoms with Crippen molar-refractivity contribution in [1.29, 1.82) is 0 Å². The van der Waals surface area contributed by atoms with Gasteiger partial charge < -0.3 is 9.64 Å². The molecule has 0 aromatic rings. The molecule has 0 radical (unpaired) electrons. The van der Waals surface area contributed by atoms with E-state index in [1.54, 1.807) is 6.08 Å². The Bertz CT molecular complexity index is 193. The van der Waals surface area contributed by atoms with Gasteiger partial charge in [0.1, 0.15) is 6.10 Å². The van der Waals surface area contributed by atoms with Crippen LogP contribution in [-0.4, -0.2) is 37.1 Å². The summed E-state index contributed by atoms with van der Waals surface area (Å²) in [4.78, 5) is 13.3. The summed E-state index contributed by atoms with van der Waals surface area (Å²) < 4.78 is 5.23. The monoisotopic (exact) mass is 183 g/mol. The number of carbonyl (C=O) groups excluding carboxylic acids is 1. The molecule has 1 rings (SSSR count). The smallest absolute Gasteiger partial charge is 0.330 e. The Morgan fingerprint density at radius 3 is 2.62 bits per heavy atom. The Labute approximate surface area is 79.4 Å². The van der Waals surface area contributed by atoms with Crippen LogP contribution in [0, 0.1) is 0 Å². The van der Waals surface area contributed by atoms with E-state index in [1.807, 2.05) is 6.92 Å². The highest BCUT2D eigenvalue weighted by Crippen LogP contribution is 2.12. The lowest BCUT2D eigenvalue weighted by Gasteiger charge is -2.28. The SMILES string of the molecule is C/C=C/C(=O)OC1CCN(C)CC1. The molecular weight excluding hydrogens is 166 g/mol. The highest BCUT2D eigenvalue weighted by molar-refractivity contribution is 5.81. The fourth-order valence-corrected chi connectivity index (χ4v) is 1.44. The minimum absolute atomic E-state index is 0.125. The number of piperidine rings is 1. The number of hydrogen-bond acceptors (Lipinski definition) is 3. The van der Waals surface area contributed by atoms with E-state index in [-0.39, 0.29) is 12.1 Å². The van der Waals surface area contributed by atoms with Crippen LogP contribution in [-0.2, 0) is 9.53 Å². The van der Waals surface area contributed by atoms with Crippen LogP contribution in [0.1, 0.15) is 19.8 Å². The molecule has 1 saturated heterocycles. The average molecular weight is 183 g/mol. The lowest BCUT2D eigenvalue weighted by atomic mass is 10.1.